The van der Waals surface area contributed by atoms with Gasteiger partial charge in [0.1, 0.15) is 5.82 Å². The second-order valence-corrected chi connectivity index (χ2v) is 13.5. The minimum absolute atomic E-state index is 0.0749. The number of alkyl halides is 3. The lowest BCUT2D eigenvalue weighted by atomic mass is 9.79. The minimum atomic E-state index is -4.89. The van der Waals surface area contributed by atoms with Crippen LogP contribution < -0.4 is 4.90 Å². The van der Waals surface area contributed by atoms with E-state index in [1.54, 1.807) is 30.0 Å². The van der Waals surface area contributed by atoms with Crippen LogP contribution in [0.2, 0.25) is 5.02 Å². The van der Waals surface area contributed by atoms with E-state index < -0.39 is 44.3 Å². The van der Waals surface area contributed by atoms with Gasteiger partial charge in [-0.1, -0.05) is 41.9 Å². The monoisotopic (exact) mass is 637 g/mol. The fraction of sp³-hybridized carbons (Fsp3) is 0.387. The van der Waals surface area contributed by atoms with Crippen LogP contribution >= 0.6 is 11.6 Å². The second kappa shape index (κ2) is 12.1. The van der Waals surface area contributed by atoms with Crippen LogP contribution in [0.5, 0.6) is 0 Å². The van der Waals surface area contributed by atoms with Crippen molar-refractivity contribution < 1.29 is 30.8 Å². The Morgan fingerprint density at radius 1 is 0.930 bits per heavy atom. The van der Waals surface area contributed by atoms with Gasteiger partial charge in [0.25, 0.3) is 0 Å². The molecule has 0 aliphatic carbocycles. The van der Waals surface area contributed by atoms with Gasteiger partial charge < -0.3 is 9.80 Å². The number of benzene rings is 3. The molecule has 1 amide bonds. The van der Waals surface area contributed by atoms with Gasteiger partial charge in [-0.2, -0.15) is 17.5 Å². The van der Waals surface area contributed by atoms with Crippen LogP contribution in [-0.4, -0.2) is 62.8 Å². The zero-order valence-corrected chi connectivity index (χ0v) is 25.3. The first-order valence-electron chi connectivity index (χ1n) is 14.0. The van der Waals surface area contributed by atoms with E-state index in [1.165, 1.54) is 12.1 Å². The number of aryl methyl sites for hydroxylation is 2. The number of sulfonamides is 1. The Balaban J connectivity index is 1.44. The highest BCUT2D eigenvalue weighted by atomic mass is 35.5. The first-order valence-corrected chi connectivity index (χ1v) is 15.8. The van der Waals surface area contributed by atoms with Crippen molar-refractivity contribution in [1.82, 2.24) is 9.21 Å². The molecule has 2 aliphatic rings. The molecule has 12 heteroatoms. The number of carbonyl (C=O) groups is 1. The van der Waals surface area contributed by atoms with Gasteiger partial charge in [0.2, 0.25) is 15.9 Å². The maximum Gasteiger partial charge on any atom is 0.417 e. The standard InChI is InChI=1S/C31H32ClF4N3O3S/c1-20-7-10-24(27(33)17-20)23-11-12-39(43(41,42)29-6-4-3-5-26(29)31(34,35)36)19-25(23)30(40)38-15-13-37(14-16-38)28-18-22(32)9-8-21(28)2/h3-10,17-18,23,25H,11-16,19H2,1-2H3. The predicted octanol–water partition coefficient (Wildman–Crippen LogP) is 6.26. The van der Waals surface area contributed by atoms with E-state index in [-0.39, 0.29) is 25.4 Å². The van der Waals surface area contributed by atoms with E-state index in [0.29, 0.717) is 42.3 Å². The van der Waals surface area contributed by atoms with E-state index in [2.05, 4.69) is 4.90 Å². The molecule has 230 valence electrons. The molecule has 3 aromatic rings. The van der Waals surface area contributed by atoms with Crippen LogP contribution in [-0.2, 0) is 21.0 Å². The van der Waals surface area contributed by atoms with Crippen molar-refractivity contribution in [1.29, 1.82) is 0 Å². The van der Waals surface area contributed by atoms with Crippen molar-refractivity contribution >= 4 is 33.2 Å². The minimum Gasteiger partial charge on any atom is -0.368 e. The van der Waals surface area contributed by atoms with E-state index in [1.807, 2.05) is 19.1 Å². The third kappa shape index (κ3) is 6.39. The van der Waals surface area contributed by atoms with Crippen molar-refractivity contribution in [3.8, 4) is 0 Å². The number of piperazine rings is 1. The number of piperidine rings is 1. The van der Waals surface area contributed by atoms with E-state index in [0.717, 1.165) is 33.8 Å². The van der Waals surface area contributed by atoms with E-state index >= 15 is 4.39 Å². The van der Waals surface area contributed by atoms with Crippen LogP contribution in [0.1, 0.15) is 34.6 Å². The number of anilines is 1. The Labute approximate surface area is 253 Å². The highest BCUT2D eigenvalue weighted by molar-refractivity contribution is 7.89. The largest absolute Gasteiger partial charge is 0.417 e. The zero-order chi connectivity index (χ0) is 31.1. The lowest BCUT2D eigenvalue weighted by molar-refractivity contribution is -0.140. The average molecular weight is 638 g/mol. The molecule has 5 rings (SSSR count). The molecule has 0 saturated carbocycles. The maximum absolute atomic E-state index is 15.2. The van der Waals surface area contributed by atoms with Crippen LogP contribution in [0.3, 0.4) is 0 Å². The Bertz CT molecular complexity index is 1620. The van der Waals surface area contributed by atoms with Gasteiger partial charge in [-0.05, 0) is 67.3 Å². The summed E-state index contributed by atoms with van der Waals surface area (Å²) < 4.78 is 84.7. The number of hydrogen-bond donors (Lipinski definition) is 0. The zero-order valence-electron chi connectivity index (χ0n) is 23.7. The molecule has 2 aliphatic heterocycles. The molecule has 0 spiro atoms. The summed E-state index contributed by atoms with van der Waals surface area (Å²) in [5.74, 6) is -2.48. The topological polar surface area (TPSA) is 60.9 Å². The van der Waals surface area contributed by atoms with Crippen molar-refractivity contribution in [3.63, 3.8) is 0 Å². The molecular formula is C31H32ClF4N3O3S. The predicted molar refractivity (Wildman–Crippen MR) is 157 cm³/mol. The first-order chi connectivity index (χ1) is 20.3. The number of hydrogen-bond acceptors (Lipinski definition) is 4. The Kier molecular flexibility index (Phi) is 8.79. The van der Waals surface area contributed by atoms with Gasteiger partial charge in [0.15, 0.2) is 0 Å². The Hall–Kier alpha value is -3.15. The SMILES string of the molecule is Cc1ccc(C2CCN(S(=O)(=O)c3ccccc3C(F)(F)F)CC2C(=O)N2CCN(c3cc(Cl)ccc3C)CC2)c(F)c1. The molecular weight excluding hydrogens is 606 g/mol. The third-order valence-electron chi connectivity index (χ3n) is 8.36. The Morgan fingerprint density at radius 2 is 1.63 bits per heavy atom. The van der Waals surface area contributed by atoms with Crippen LogP contribution in [0, 0.1) is 25.6 Å². The molecule has 2 heterocycles. The highest BCUT2D eigenvalue weighted by Crippen LogP contribution is 2.40. The molecule has 0 bridgehead atoms. The van der Waals surface area contributed by atoms with Crippen molar-refractivity contribution in [2.24, 2.45) is 5.92 Å². The number of carbonyl (C=O) groups excluding carboxylic acids is 1. The van der Waals surface area contributed by atoms with Crippen molar-refractivity contribution in [3.05, 3.63) is 93.8 Å². The van der Waals surface area contributed by atoms with Crippen LogP contribution in [0.4, 0.5) is 23.2 Å². The fourth-order valence-electron chi connectivity index (χ4n) is 6.09. The molecule has 3 aromatic carbocycles. The van der Waals surface area contributed by atoms with Gasteiger partial charge in [-0.25, -0.2) is 12.8 Å². The number of amides is 1. The average Bonchev–Trinajstić information content (AvgIpc) is 2.97. The summed E-state index contributed by atoms with van der Waals surface area (Å²) >= 11 is 6.20. The van der Waals surface area contributed by atoms with E-state index in [4.69, 9.17) is 11.6 Å². The molecule has 2 fully saturated rings. The summed E-state index contributed by atoms with van der Waals surface area (Å²) in [6.07, 6.45) is -4.81. The highest BCUT2D eigenvalue weighted by Gasteiger charge is 2.45. The van der Waals surface area contributed by atoms with Crippen LogP contribution in [0.25, 0.3) is 0 Å². The Morgan fingerprint density at radius 3 is 2.30 bits per heavy atom. The van der Waals surface area contributed by atoms with Crippen molar-refractivity contribution in [2.45, 2.75) is 37.3 Å². The number of rotatable bonds is 5. The lowest BCUT2D eigenvalue weighted by Gasteiger charge is -2.42. The summed E-state index contributed by atoms with van der Waals surface area (Å²) in [6.45, 7) is 4.88. The molecule has 2 atom stereocenters. The quantitative estimate of drug-likeness (QED) is 0.310. The van der Waals surface area contributed by atoms with Gasteiger partial charge in [0, 0.05) is 55.9 Å². The summed E-state index contributed by atoms with van der Waals surface area (Å²) in [6, 6.07) is 14.3. The second-order valence-electron chi connectivity index (χ2n) is 11.1. The third-order valence-corrected chi connectivity index (χ3v) is 10.5. The summed E-state index contributed by atoms with van der Waals surface area (Å²) in [4.78, 5) is 17.0. The summed E-state index contributed by atoms with van der Waals surface area (Å²) in [5.41, 5.74) is 1.71. The molecule has 0 N–H and O–H groups in total. The van der Waals surface area contributed by atoms with Gasteiger partial charge in [0.05, 0.1) is 16.4 Å². The number of nitrogens with zero attached hydrogens (tertiary/aromatic N) is 3. The lowest BCUT2D eigenvalue weighted by Crippen LogP contribution is -2.54. The molecule has 6 nitrogen and oxygen atoms in total. The van der Waals surface area contributed by atoms with Gasteiger partial charge in [-0.15, -0.1) is 0 Å². The molecule has 2 unspecified atom stereocenters. The van der Waals surface area contributed by atoms with Gasteiger partial charge in [-0.3, -0.25) is 4.79 Å². The van der Waals surface area contributed by atoms with E-state index in [9.17, 15) is 26.4 Å². The number of halogens is 5. The molecule has 2 saturated heterocycles. The molecule has 0 radical (unpaired) electrons. The smallest absolute Gasteiger partial charge is 0.368 e. The molecule has 43 heavy (non-hydrogen) atoms. The first kappa shape index (κ1) is 31.3. The van der Waals surface area contributed by atoms with Crippen molar-refractivity contribution in [2.75, 3.05) is 44.2 Å². The molecule has 0 aromatic heterocycles. The summed E-state index contributed by atoms with van der Waals surface area (Å²) in [7, 11) is -4.62. The fourth-order valence-corrected chi connectivity index (χ4v) is 7.95. The summed E-state index contributed by atoms with van der Waals surface area (Å²) in [5, 5.41) is 0.595. The van der Waals surface area contributed by atoms with Gasteiger partial charge >= 0.3 is 6.18 Å². The van der Waals surface area contributed by atoms with Crippen LogP contribution in [0.15, 0.2) is 65.6 Å². The normalized spacial score (nSPS) is 20.3. The maximum atomic E-state index is 15.2.